The van der Waals surface area contributed by atoms with Crippen LogP contribution >= 0.6 is 0 Å². The summed E-state index contributed by atoms with van der Waals surface area (Å²) in [5.74, 6) is 0. The predicted molar refractivity (Wildman–Crippen MR) is 540 cm³/mol. The maximum atomic E-state index is 6.66. The molecule has 27 aromatic rings. The Bertz CT molecular complexity index is 9000. The molecule has 0 aliphatic carbocycles. The van der Waals surface area contributed by atoms with E-state index in [4.69, 9.17) is 13.3 Å². The fourth-order valence-electron chi connectivity index (χ4n) is 20.7. The van der Waals surface area contributed by atoms with Gasteiger partial charge in [-0.3, -0.25) is 0 Å². The maximum absolute atomic E-state index is 6.66. The van der Waals surface area contributed by atoms with Gasteiger partial charge in [0.15, 0.2) is 0 Å². The Morgan fingerprint density at radius 2 is 0.394 bits per heavy atom. The molecule has 0 unspecified atom stereocenters. The zero-order valence-electron chi connectivity index (χ0n) is 69.1. The smallest absolute Gasteiger partial charge is 0.143 e. The SMILES string of the molecule is c1ccc(-c2ccc(-c3c4ccccc4c(-c4ccc5ccccc5c4)c4ccccc34)c3c2oc2ccccc23)cc1.c1ccc2cc(-c3c4ccccc4c(-c4cccc5oc6ccccc6c45)c4ccccc34)ccc2c1.c1ccc2cc(-c3cc(-c4c5ccccc5c(-c5ccc6ccccc6c5)c5ccccc45)c4c(c3)oc3ccccc34)ccc2c1. The lowest BCUT2D eigenvalue weighted by molar-refractivity contribution is 0.668. The van der Waals surface area contributed by atoms with E-state index in [2.05, 4.69) is 455 Å². The number of benzene rings is 24. The van der Waals surface area contributed by atoms with Gasteiger partial charge in [0.2, 0.25) is 0 Å². The topological polar surface area (TPSA) is 39.4 Å². The molecule has 0 atom stereocenters. The summed E-state index contributed by atoms with van der Waals surface area (Å²) in [6.07, 6.45) is 0. The van der Waals surface area contributed by atoms with E-state index in [9.17, 15) is 0 Å². The average Bonchev–Trinajstić information content (AvgIpc) is 1.70. The number of para-hydroxylation sites is 3. The second-order valence-electron chi connectivity index (χ2n) is 33.4. The first-order chi connectivity index (χ1) is 63.0. The minimum atomic E-state index is 0.902. The monoisotopic (exact) mass is 1610 g/mol. The third kappa shape index (κ3) is 12.2. The van der Waals surface area contributed by atoms with Crippen LogP contribution in [0.3, 0.4) is 0 Å². The van der Waals surface area contributed by atoms with Gasteiger partial charge in [-0.15, -0.1) is 0 Å². The molecular formula is C124H76O3. The summed E-state index contributed by atoms with van der Waals surface area (Å²) < 4.78 is 19.6. The molecule has 0 amide bonds. The van der Waals surface area contributed by atoms with Gasteiger partial charge in [0.05, 0.1) is 0 Å². The van der Waals surface area contributed by atoms with E-state index in [-0.39, 0.29) is 0 Å². The molecular weight excluding hydrogens is 1540 g/mol. The van der Waals surface area contributed by atoms with Crippen molar-refractivity contribution in [2.45, 2.75) is 0 Å². The van der Waals surface area contributed by atoms with Gasteiger partial charge in [-0.25, -0.2) is 0 Å². The zero-order chi connectivity index (χ0) is 83.6. The molecule has 3 heteroatoms. The van der Waals surface area contributed by atoms with Gasteiger partial charge in [0.25, 0.3) is 0 Å². The molecule has 127 heavy (non-hydrogen) atoms. The Morgan fingerprint density at radius 3 is 0.795 bits per heavy atom. The Balaban J connectivity index is 0.000000104. The fraction of sp³-hybridized carbons (Fsp3) is 0. The van der Waals surface area contributed by atoms with Crippen molar-refractivity contribution in [1.82, 2.24) is 0 Å². The molecule has 3 aromatic heterocycles. The second kappa shape index (κ2) is 30.1. The van der Waals surface area contributed by atoms with Gasteiger partial charge in [-0.1, -0.05) is 394 Å². The lowest BCUT2D eigenvalue weighted by Crippen LogP contribution is -1.92. The lowest BCUT2D eigenvalue weighted by Gasteiger charge is -2.19. The van der Waals surface area contributed by atoms with E-state index in [1.54, 1.807) is 0 Å². The molecule has 0 N–H and O–H groups in total. The molecule has 0 bridgehead atoms. The summed E-state index contributed by atoms with van der Waals surface area (Å²) >= 11 is 0. The number of fused-ring (bicyclic) bond motifs is 19. The van der Waals surface area contributed by atoms with Crippen molar-refractivity contribution in [3.8, 4) is 89.0 Å². The molecule has 0 radical (unpaired) electrons. The number of hydrogen-bond acceptors (Lipinski definition) is 3. The van der Waals surface area contributed by atoms with Crippen molar-refractivity contribution in [3.63, 3.8) is 0 Å². The quantitative estimate of drug-likeness (QED) is 0.142. The van der Waals surface area contributed by atoms with Crippen LogP contribution in [-0.2, 0) is 0 Å². The molecule has 3 nitrogen and oxygen atoms in total. The maximum Gasteiger partial charge on any atom is 0.143 e. The van der Waals surface area contributed by atoms with Crippen molar-refractivity contribution in [1.29, 1.82) is 0 Å². The van der Waals surface area contributed by atoms with Gasteiger partial charge in [-0.2, -0.15) is 0 Å². The molecule has 0 aliphatic heterocycles. The summed E-state index contributed by atoms with van der Waals surface area (Å²) in [5, 5.41) is 31.8. The summed E-state index contributed by atoms with van der Waals surface area (Å²) in [4.78, 5) is 0. The summed E-state index contributed by atoms with van der Waals surface area (Å²) in [7, 11) is 0. The van der Waals surface area contributed by atoms with Crippen LogP contribution in [0.4, 0.5) is 0 Å². The lowest BCUT2D eigenvalue weighted by atomic mass is 9.84. The standard InChI is InChI=1S/C46H28O.C42H26O.C36H22O/c1-3-13-31-25-33(23-21-29(31)11-1)35-27-41(46-40-19-9-10-20-42(40)47-43(46)28-35)45-38-17-7-5-15-36(38)44(37-16-6-8-18-39(37)45)34-24-22-30-12-2-4-14-32(30)26-34;1-2-13-28(14-3-1)31-24-25-37(41-36-20-10-11-21-38(36)43-42(31)41)40-34-18-8-6-16-32(34)39(33-17-7-9-19-35(33)40)30-23-22-27-12-4-5-15-29(27)26-30;1-2-11-24-22-25(21-20-23(24)10-1)34-26-12-3-5-14-28(26)35(29-15-6-4-13-27(29)34)31-17-9-19-33-36(31)30-16-7-8-18-32(30)37-33/h1-28H;1-26H;1-22H. The van der Waals surface area contributed by atoms with Crippen molar-refractivity contribution >= 4 is 174 Å². The van der Waals surface area contributed by atoms with Crippen molar-refractivity contribution in [3.05, 3.63) is 461 Å². The average molecular weight is 1610 g/mol. The first-order valence-electron chi connectivity index (χ1n) is 43.7. The van der Waals surface area contributed by atoms with E-state index in [1.165, 1.54) is 185 Å². The van der Waals surface area contributed by atoms with Crippen LogP contribution in [0.1, 0.15) is 0 Å². The first-order valence-corrected chi connectivity index (χ1v) is 43.7. The van der Waals surface area contributed by atoms with Crippen LogP contribution in [0.2, 0.25) is 0 Å². The van der Waals surface area contributed by atoms with Gasteiger partial charge in [0.1, 0.15) is 33.5 Å². The molecule has 3 heterocycles. The molecule has 590 valence electrons. The summed E-state index contributed by atoms with van der Waals surface area (Å²) in [5.41, 5.74) is 24.9. The van der Waals surface area contributed by atoms with Crippen molar-refractivity contribution in [2.75, 3.05) is 0 Å². The Hall–Kier alpha value is -16.7. The highest BCUT2D eigenvalue weighted by Gasteiger charge is 2.27. The second-order valence-corrected chi connectivity index (χ2v) is 33.4. The molecule has 0 spiro atoms. The van der Waals surface area contributed by atoms with E-state index in [0.717, 1.165) is 77.1 Å². The number of hydrogen-bond donors (Lipinski definition) is 0. The van der Waals surface area contributed by atoms with Crippen molar-refractivity contribution < 1.29 is 13.3 Å². The minimum absolute atomic E-state index is 0.902. The third-order valence-electron chi connectivity index (χ3n) is 26.3. The molecule has 0 fully saturated rings. The van der Waals surface area contributed by atoms with Crippen LogP contribution in [0, 0.1) is 0 Å². The minimum Gasteiger partial charge on any atom is -0.456 e. The summed E-state index contributed by atoms with van der Waals surface area (Å²) in [6.45, 7) is 0. The molecule has 0 saturated heterocycles. The van der Waals surface area contributed by atoms with Crippen LogP contribution in [0.5, 0.6) is 0 Å². The molecule has 27 rings (SSSR count). The number of furan rings is 3. The zero-order valence-corrected chi connectivity index (χ0v) is 69.1. The van der Waals surface area contributed by atoms with E-state index in [0.29, 0.717) is 0 Å². The van der Waals surface area contributed by atoms with E-state index >= 15 is 0 Å². The van der Waals surface area contributed by atoms with Crippen molar-refractivity contribution in [2.24, 2.45) is 0 Å². The first kappa shape index (κ1) is 73.0. The van der Waals surface area contributed by atoms with E-state index in [1.807, 2.05) is 6.07 Å². The highest BCUT2D eigenvalue weighted by atomic mass is 16.3. The van der Waals surface area contributed by atoms with E-state index < -0.39 is 0 Å². The van der Waals surface area contributed by atoms with Gasteiger partial charge >= 0.3 is 0 Å². The highest BCUT2D eigenvalue weighted by molar-refractivity contribution is 6.30. The van der Waals surface area contributed by atoms with Crippen LogP contribution in [0.25, 0.3) is 263 Å². The fourth-order valence-corrected chi connectivity index (χ4v) is 20.7. The molecule has 0 aliphatic rings. The van der Waals surface area contributed by atoms with Crippen LogP contribution < -0.4 is 0 Å². The Labute approximate surface area is 731 Å². The van der Waals surface area contributed by atoms with Crippen LogP contribution in [-0.4, -0.2) is 0 Å². The van der Waals surface area contributed by atoms with Gasteiger partial charge in [-0.05, 0) is 258 Å². The highest BCUT2D eigenvalue weighted by Crippen LogP contribution is 2.54. The Morgan fingerprint density at radius 1 is 0.118 bits per heavy atom. The summed E-state index contributed by atoms with van der Waals surface area (Å²) in [6, 6.07) is 166. The van der Waals surface area contributed by atoms with Gasteiger partial charge < -0.3 is 13.3 Å². The van der Waals surface area contributed by atoms with Crippen LogP contribution in [0.15, 0.2) is 474 Å². The Kier molecular flexibility index (Phi) is 17.3. The number of rotatable bonds is 8. The largest absolute Gasteiger partial charge is 0.456 e. The molecule has 24 aromatic carbocycles. The normalized spacial score (nSPS) is 11.8. The van der Waals surface area contributed by atoms with Gasteiger partial charge in [0, 0.05) is 37.9 Å². The predicted octanol–water partition coefficient (Wildman–Crippen LogP) is 35.6. The third-order valence-corrected chi connectivity index (χ3v) is 26.3. The molecule has 0 saturated carbocycles.